The number of rotatable bonds is 7. The van der Waals surface area contributed by atoms with Gasteiger partial charge in [-0.05, 0) is 50.7 Å². The summed E-state index contributed by atoms with van der Waals surface area (Å²) < 4.78 is 0. The van der Waals surface area contributed by atoms with E-state index >= 15 is 0 Å². The fourth-order valence-electron chi connectivity index (χ4n) is 1.70. The number of hydrogen-bond acceptors (Lipinski definition) is 3. The minimum Gasteiger partial charge on any atom is -0.481 e. The van der Waals surface area contributed by atoms with E-state index in [1.807, 2.05) is 0 Å². The normalized spacial score (nSPS) is 11.4. The number of carboxylic acid groups (broad SMARTS) is 1. The van der Waals surface area contributed by atoms with Gasteiger partial charge in [0.2, 0.25) is 0 Å². The van der Waals surface area contributed by atoms with Gasteiger partial charge in [0.25, 0.3) is 0 Å². The monoisotopic (exact) mass is 255 g/mol. The van der Waals surface area contributed by atoms with E-state index in [-0.39, 0.29) is 6.42 Å². The quantitative estimate of drug-likeness (QED) is 0.813. The molecule has 0 aromatic carbocycles. The molecule has 0 atom stereocenters. The maximum Gasteiger partial charge on any atom is 0.303 e. The molecule has 3 nitrogen and oxygen atoms in total. The molecule has 0 radical (unpaired) electrons. The van der Waals surface area contributed by atoms with Crippen molar-refractivity contribution in [2.45, 2.75) is 46.2 Å². The van der Waals surface area contributed by atoms with Crippen LogP contribution >= 0.6 is 11.3 Å². The smallest absolute Gasteiger partial charge is 0.303 e. The first-order valence-electron chi connectivity index (χ1n) is 5.99. The molecule has 1 heterocycles. The number of thiophene rings is 1. The summed E-state index contributed by atoms with van der Waals surface area (Å²) in [5.41, 5.74) is 1.33. The zero-order valence-corrected chi connectivity index (χ0v) is 11.6. The second-order valence-electron chi connectivity index (χ2n) is 4.59. The molecule has 0 saturated heterocycles. The molecule has 0 saturated carbocycles. The molecule has 4 heteroatoms. The van der Waals surface area contributed by atoms with Gasteiger partial charge in [-0.1, -0.05) is 0 Å². The van der Waals surface area contributed by atoms with Crippen molar-refractivity contribution in [3.8, 4) is 0 Å². The molecule has 0 aliphatic heterocycles. The van der Waals surface area contributed by atoms with Crippen molar-refractivity contribution >= 4 is 17.3 Å². The summed E-state index contributed by atoms with van der Waals surface area (Å²) in [6, 6.07) is 2.58. The zero-order chi connectivity index (χ0) is 12.8. The Morgan fingerprint density at radius 3 is 2.71 bits per heavy atom. The van der Waals surface area contributed by atoms with Crippen LogP contribution in [0, 0.1) is 6.92 Å². The lowest BCUT2D eigenvalue weighted by molar-refractivity contribution is -0.137. The van der Waals surface area contributed by atoms with Crippen molar-refractivity contribution in [3.63, 3.8) is 0 Å². The number of carbonyl (C=O) groups is 1. The molecule has 1 aromatic rings. The minimum atomic E-state index is -0.707. The molecular formula is C13H21NO2S. The van der Waals surface area contributed by atoms with Gasteiger partial charge in [-0.15, -0.1) is 11.3 Å². The van der Waals surface area contributed by atoms with E-state index in [4.69, 9.17) is 5.11 Å². The molecule has 1 aromatic heterocycles. The Morgan fingerprint density at radius 2 is 2.24 bits per heavy atom. The number of hydrogen-bond donors (Lipinski definition) is 1. The Kier molecular flexibility index (Phi) is 5.65. The van der Waals surface area contributed by atoms with Gasteiger partial charge in [0.1, 0.15) is 0 Å². The fourth-order valence-corrected chi connectivity index (χ4v) is 2.63. The van der Waals surface area contributed by atoms with Crippen LogP contribution in [0.15, 0.2) is 11.4 Å². The fraction of sp³-hybridized carbons (Fsp3) is 0.615. The molecule has 0 aliphatic carbocycles. The summed E-state index contributed by atoms with van der Waals surface area (Å²) in [5.74, 6) is -0.707. The van der Waals surface area contributed by atoms with E-state index in [0.29, 0.717) is 6.04 Å². The Hall–Kier alpha value is -0.870. The van der Waals surface area contributed by atoms with E-state index in [1.165, 1.54) is 10.4 Å². The highest BCUT2D eigenvalue weighted by Gasteiger charge is 2.12. The molecule has 1 N–H and O–H groups in total. The highest BCUT2D eigenvalue weighted by molar-refractivity contribution is 7.10. The van der Waals surface area contributed by atoms with Gasteiger partial charge in [0, 0.05) is 23.9 Å². The third-order valence-corrected chi connectivity index (χ3v) is 3.89. The topological polar surface area (TPSA) is 40.5 Å². The van der Waals surface area contributed by atoms with Gasteiger partial charge in [0.05, 0.1) is 0 Å². The number of nitrogens with zero attached hydrogens (tertiary/aromatic N) is 1. The maximum absolute atomic E-state index is 10.5. The van der Waals surface area contributed by atoms with Gasteiger partial charge in [-0.25, -0.2) is 0 Å². The van der Waals surface area contributed by atoms with Crippen LogP contribution in [0.5, 0.6) is 0 Å². The lowest BCUT2D eigenvalue weighted by Crippen LogP contribution is -2.31. The first-order chi connectivity index (χ1) is 8.00. The summed E-state index contributed by atoms with van der Waals surface area (Å²) in [7, 11) is 0. The Labute approximate surface area is 107 Å². The number of aliphatic carboxylic acids is 1. The zero-order valence-electron chi connectivity index (χ0n) is 10.8. The van der Waals surface area contributed by atoms with Crippen LogP contribution in [0.3, 0.4) is 0 Å². The first-order valence-corrected chi connectivity index (χ1v) is 6.87. The van der Waals surface area contributed by atoms with Crippen LogP contribution in [0.25, 0.3) is 0 Å². The second kappa shape index (κ2) is 6.77. The van der Waals surface area contributed by atoms with Crippen molar-refractivity contribution in [1.82, 2.24) is 4.90 Å². The number of carboxylic acids is 1. The summed E-state index contributed by atoms with van der Waals surface area (Å²) in [6.07, 6.45) is 0.977. The van der Waals surface area contributed by atoms with Gasteiger partial charge < -0.3 is 5.11 Å². The predicted molar refractivity (Wildman–Crippen MR) is 71.5 cm³/mol. The Bertz CT molecular complexity index is 360. The molecule has 96 valence electrons. The average molecular weight is 255 g/mol. The molecule has 0 aliphatic rings. The standard InChI is InChI=1S/C13H21NO2S/c1-10(2)14(7-4-5-13(15)16)9-12-11(3)6-8-17-12/h6,8,10H,4-5,7,9H2,1-3H3,(H,15,16). The SMILES string of the molecule is Cc1ccsc1CN(CCCC(=O)O)C(C)C. The molecule has 17 heavy (non-hydrogen) atoms. The molecule has 0 amide bonds. The van der Waals surface area contributed by atoms with Crippen LogP contribution in [0.1, 0.15) is 37.1 Å². The Balaban J connectivity index is 2.49. The Morgan fingerprint density at radius 1 is 1.53 bits per heavy atom. The van der Waals surface area contributed by atoms with E-state index in [1.54, 1.807) is 11.3 Å². The summed E-state index contributed by atoms with van der Waals surface area (Å²) in [4.78, 5) is 14.2. The third-order valence-electron chi connectivity index (χ3n) is 2.88. The van der Waals surface area contributed by atoms with E-state index in [2.05, 4.69) is 37.1 Å². The highest BCUT2D eigenvalue weighted by atomic mass is 32.1. The largest absolute Gasteiger partial charge is 0.481 e. The predicted octanol–water partition coefficient (Wildman–Crippen LogP) is 3.13. The first kappa shape index (κ1) is 14.2. The molecular weight excluding hydrogens is 234 g/mol. The summed E-state index contributed by atoms with van der Waals surface area (Å²) in [5, 5.41) is 10.8. The van der Waals surface area contributed by atoms with Crippen LogP contribution in [-0.2, 0) is 11.3 Å². The van der Waals surface area contributed by atoms with Crippen LogP contribution < -0.4 is 0 Å². The van der Waals surface area contributed by atoms with E-state index < -0.39 is 5.97 Å². The minimum absolute atomic E-state index is 0.257. The van der Waals surface area contributed by atoms with Crippen molar-refractivity contribution < 1.29 is 9.90 Å². The van der Waals surface area contributed by atoms with Gasteiger partial charge in [-0.2, -0.15) is 0 Å². The molecule has 0 fully saturated rings. The van der Waals surface area contributed by atoms with Gasteiger partial charge >= 0.3 is 5.97 Å². The molecule has 0 bridgehead atoms. The molecule has 0 spiro atoms. The maximum atomic E-state index is 10.5. The second-order valence-corrected chi connectivity index (χ2v) is 5.59. The van der Waals surface area contributed by atoms with Crippen LogP contribution in [-0.4, -0.2) is 28.6 Å². The highest BCUT2D eigenvalue weighted by Crippen LogP contribution is 2.19. The summed E-state index contributed by atoms with van der Waals surface area (Å²) in [6.45, 7) is 8.22. The van der Waals surface area contributed by atoms with E-state index in [0.717, 1.165) is 19.5 Å². The van der Waals surface area contributed by atoms with Gasteiger partial charge in [-0.3, -0.25) is 9.69 Å². The van der Waals surface area contributed by atoms with Gasteiger partial charge in [0.15, 0.2) is 0 Å². The average Bonchev–Trinajstić information content (AvgIpc) is 2.62. The van der Waals surface area contributed by atoms with Crippen molar-refractivity contribution in [2.24, 2.45) is 0 Å². The molecule has 0 unspecified atom stereocenters. The third kappa shape index (κ3) is 4.88. The van der Waals surface area contributed by atoms with Crippen molar-refractivity contribution in [1.29, 1.82) is 0 Å². The summed E-state index contributed by atoms with van der Waals surface area (Å²) >= 11 is 1.78. The van der Waals surface area contributed by atoms with Crippen molar-refractivity contribution in [2.75, 3.05) is 6.54 Å². The van der Waals surface area contributed by atoms with E-state index in [9.17, 15) is 4.79 Å². The lowest BCUT2D eigenvalue weighted by Gasteiger charge is -2.26. The lowest BCUT2D eigenvalue weighted by atomic mass is 10.2. The van der Waals surface area contributed by atoms with Crippen LogP contribution in [0.2, 0.25) is 0 Å². The van der Waals surface area contributed by atoms with Crippen LogP contribution in [0.4, 0.5) is 0 Å². The molecule has 1 rings (SSSR count). The van der Waals surface area contributed by atoms with Crippen molar-refractivity contribution in [3.05, 3.63) is 21.9 Å². The number of aryl methyl sites for hydroxylation is 1.